The van der Waals surface area contributed by atoms with Crippen LogP contribution < -0.4 is 10.6 Å². The summed E-state index contributed by atoms with van der Waals surface area (Å²) in [6, 6.07) is 15.1. The van der Waals surface area contributed by atoms with Gasteiger partial charge in [0.15, 0.2) is 0 Å². The number of hydrogen-bond donors (Lipinski definition) is 2. The second-order valence-corrected chi connectivity index (χ2v) is 9.84. The number of benzene rings is 2. The van der Waals surface area contributed by atoms with Gasteiger partial charge in [0.2, 0.25) is 11.8 Å². The first-order valence-electron chi connectivity index (χ1n) is 11.6. The molecule has 7 nitrogen and oxygen atoms in total. The minimum atomic E-state index is -0.260. The molecular formula is C27H30N4O3S. The minimum Gasteiger partial charge on any atom is -0.376 e. The highest BCUT2D eigenvalue weighted by Gasteiger charge is 2.24. The molecule has 0 fully saturated rings. The van der Waals surface area contributed by atoms with Crippen LogP contribution in [0.1, 0.15) is 31.9 Å². The Hall–Kier alpha value is -3.65. The zero-order valence-electron chi connectivity index (χ0n) is 20.3. The molecule has 2 aromatic carbocycles. The molecule has 35 heavy (non-hydrogen) atoms. The van der Waals surface area contributed by atoms with Crippen molar-refractivity contribution in [3.8, 4) is 0 Å². The highest BCUT2D eigenvalue weighted by Crippen LogP contribution is 2.27. The summed E-state index contributed by atoms with van der Waals surface area (Å²) in [5.41, 5.74) is 5.19. The molecule has 3 aromatic rings. The van der Waals surface area contributed by atoms with Crippen LogP contribution >= 0.6 is 11.3 Å². The lowest BCUT2D eigenvalue weighted by Crippen LogP contribution is -2.38. The molecule has 0 radical (unpaired) electrons. The maximum atomic E-state index is 13.2. The molecule has 0 atom stereocenters. The third-order valence-corrected chi connectivity index (χ3v) is 7.25. The molecule has 1 aliphatic rings. The van der Waals surface area contributed by atoms with Gasteiger partial charge in [0, 0.05) is 42.0 Å². The summed E-state index contributed by atoms with van der Waals surface area (Å²) in [6.07, 6.45) is 0.883. The summed E-state index contributed by atoms with van der Waals surface area (Å²) < 4.78 is 0. The fourth-order valence-electron chi connectivity index (χ4n) is 4.10. The average molecular weight is 491 g/mol. The van der Waals surface area contributed by atoms with Crippen molar-refractivity contribution in [1.29, 1.82) is 0 Å². The van der Waals surface area contributed by atoms with Crippen LogP contribution in [0.3, 0.4) is 0 Å². The number of aryl methyl sites for hydroxylation is 1. The lowest BCUT2D eigenvalue weighted by atomic mass is 10.0. The Balaban J connectivity index is 1.32. The third kappa shape index (κ3) is 5.89. The number of carbonyl (C=O) groups is 3. The van der Waals surface area contributed by atoms with Gasteiger partial charge in [-0.05, 0) is 67.1 Å². The highest BCUT2D eigenvalue weighted by molar-refractivity contribution is 7.10. The van der Waals surface area contributed by atoms with Crippen LogP contribution in [-0.2, 0) is 22.6 Å². The maximum absolute atomic E-state index is 13.2. The normalized spacial score (nSPS) is 12.6. The summed E-state index contributed by atoms with van der Waals surface area (Å²) in [7, 11) is 1.60. The zero-order chi connectivity index (χ0) is 24.9. The first-order valence-corrected chi connectivity index (χ1v) is 12.5. The predicted molar refractivity (Wildman–Crippen MR) is 140 cm³/mol. The Labute approximate surface area is 209 Å². The van der Waals surface area contributed by atoms with E-state index >= 15 is 0 Å². The number of carbonyl (C=O) groups excluding carboxylic acids is 3. The number of nitrogens with zero attached hydrogens (tertiary/aromatic N) is 2. The van der Waals surface area contributed by atoms with Crippen molar-refractivity contribution in [2.45, 2.75) is 26.8 Å². The third-order valence-electron chi connectivity index (χ3n) is 6.23. The van der Waals surface area contributed by atoms with Crippen LogP contribution in [0.4, 0.5) is 11.4 Å². The number of anilines is 2. The van der Waals surface area contributed by atoms with E-state index in [-0.39, 0.29) is 30.8 Å². The molecule has 1 aromatic heterocycles. The summed E-state index contributed by atoms with van der Waals surface area (Å²) in [4.78, 5) is 42.8. The molecule has 0 bridgehead atoms. The molecule has 1 aliphatic heterocycles. The second-order valence-electron chi connectivity index (χ2n) is 8.84. The molecular weight excluding hydrogens is 460 g/mol. The van der Waals surface area contributed by atoms with Gasteiger partial charge in [-0.1, -0.05) is 23.8 Å². The van der Waals surface area contributed by atoms with Crippen LogP contribution in [-0.4, -0.2) is 54.2 Å². The number of rotatable bonds is 7. The number of likely N-dealkylation sites (N-methyl/N-ethyl adjacent to an activating group) is 1. The van der Waals surface area contributed by atoms with E-state index in [1.165, 1.54) is 15.3 Å². The van der Waals surface area contributed by atoms with E-state index in [1.807, 2.05) is 61.2 Å². The standard InChI is InChI=1S/C27H30N4O3S/c1-18-7-9-21(10-8-18)29-25(32)17-30(3)26(33)15-28-23-6-4-5-22(19(23)2)27(34)31-13-11-24-20(16-31)12-14-35-24/h4-10,12,14,28H,11,13,15-17H2,1-3H3,(H,29,32). The summed E-state index contributed by atoms with van der Waals surface area (Å²) in [5, 5.41) is 8.02. The minimum absolute atomic E-state index is 0.000721. The van der Waals surface area contributed by atoms with Crippen molar-refractivity contribution in [3.63, 3.8) is 0 Å². The lowest BCUT2D eigenvalue weighted by Gasteiger charge is -2.28. The van der Waals surface area contributed by atoms with Crippen LogP contribution in [0.2, 0.25) is 0 Å². The van der Waals surface area contributed by atoms with Gasteiger partial charge < -0.3 is 20.4 Å². The van der Waals surface area contributed by atoms with Gasteiger partial charge in [-0.2, -0.15) is 0 Å². The van der Waals surface area contributed by atoms with Crippen LogP contribution in [0.25, 0.3) is 0 Å². The monoisotopic (exact) mass is 490 g/mol. The van der Waals surface area contributed by atoms with Gasteiger partial charge in [-0.3, -0.25) is 14.4 Å². The van der Waals surface area contributed by atoms with Crippen molar-refractivity contribution < 1.29 is 14.4 Å². The molecule has 0 saturated heterocycles. The van der Waals surface area contributed by atoms with Gasteiger partial charge in [0.25, 0.3) is 5.91 Å². The van der Waals surface area contributed by atoms with E-state index in [9.17, 15) is 14.4 Å². The van der Waals surface area contributed by atoms with Gasteiger partial charge in [0.1, 0.15) is 0 Å². The van der Waals surface area contributed by atoms with E-state index in [0.29, 0.717) is 24.3 Å². The molecule has 0 saturated carbocycles. The van der Waals surface area contributed by atoms with Crippen molar-refractivity contribution in [1.82, 2.24) is 9.80 Å². The van der Waals surface area contributed by atoms with Crippen molar-refractivity contribution >= 4 is 40.4 Å². The molecule has 0 aliphatic carbocycles. The zero-order valence-corrected chi connectivity index (χ0v) is 21.1. The molecule has 2 heterocycles. The van der Waals surface area contributed by atoms with E-state index in [0.717, 1.165) is 23.2 Å². The largest absolute Gasteiger partial charge is 0.376 e. The SMILES string of the molecule is Cc1ccc(NC(=O)CN(C)C(=O)CNc2cccc(C(=O)N3CCc4sccc4C3)c2C)cc1. The second kappa shape index (κ2) is 10.7. The summed E-state index contributed by atoms with van der Waals surface area (Å²) in [5.74, 6) is -0.482. The number of hydrogen-bond acceptors (Lipinski definition) is 5. The van der Waals surface area contributed by atoms with Crippen LogP contribution in [0.15, 0.2) is 53.9 Å². The molecule has 182 valence electrons. The predicted octanol–water partition coefficient (Wildman–Crippen LogP) is 4.07. The van der Waals surface area contributed by atoms with E-state index in [2.05, 4.69) is 22.1 Å². The fourth-order valence-corrected chi connectivity index (χ4v) is 4.99. The van der Waals surface area contributed by atoms with Gasteiger partial charge in [-0.25, -0.2) is 0 Å². The Morgan fingerprint density at radius 2 is 1.83 bits per heavy atom. The molecule has 8 heteroatoms. The van der Waals surface area contributed by atoms with Gasteiger partial charge in [0.05, 0.1) is 13.1 Å². The first kappa shape index (κ1) is 24.5. The number of nitrogens with one attached hydrogen (secondary N) is 2. The average Bonchev–Trinajstić information content (AvgIpc) is 3.32. The molecule has 2 N–H and O–H groups in total. The Morgan fingerprint density at radius 3 is 2.60 bits per heavy atom. The highest BCUT2D eigenvalue weighted by atomic mass is 32.1. The molecule has 4 rings (SSSR count). The van der Waals surface area contributed by atoms with Crippen LogP contribution in [0.5, 0.6) is 0 Å². The van der Waals surface area contributed by atoms with E-state index in [4.69, 9.17) is 0 Å². The molecule has 0 spiro atoms. The van der Waals surface area contributed by atoms with Crippen molar-refractivity contribution in [2.24, 2.45) is 0 Å². The number of thiophene rings is 1. The summed E-state index contributed by atoms with van der Waals surface area (Å²) >= 11 is 1.75. The molecule has 0 unspecified atom stereocenters. The quantitative estimate of drug-likeness (QED) is 0.523. The van der Waals surface area contributed by atoms with E-state index in [1.54, 1.807) is 18.4 Å². The maximum Gasteiger partial charge on any atom is 0.254 e. The Bertz CT molecular complexity index is 1240. The fraction of sp³-hybridized carbons (Fsp3) is 0.296. The lowest BCUT2D eigenvalue weighted by molar-refractivity contribution is -0.131. The summed E-state index contributed by atoms with van der Waals surface area (Å²) in [6.45, 7) is 5.17. The van der Waals surface area contributed by atoms with Crippen molar-refractivity contribution in [3.05, 3.63) is 81.0 Å². The Morgan fingerprint density at radius 1 is 1.06 bits per heavy atom. The molecule has 3 amide bonds. The number of amides is 3. The van der Waals surface area contributed by atoms with Crippen LogP contribution in [0, 0.1) is 13.8 Å². The Kier molecular flexibility index (Phi) is 7.51. The van der Waals surface area contributed by atoms with Gasteiger partial charge in [-0.15, -0.1) is 11.3 Å². The van der Waals surface area contributed by atoms with E-state index < -0.39 is 0 Å². The number of fused-ring (bicyclic) bond motifs is 1. The van der Waals surface area contributed by atoms with Gasteiger partial charge >= 0.3 is 0 Å². The topological polar surface area (TPSA) is 81.8 Å². The van der Waals surface area contributed by atoms with Crippen molar-refractivity contribution in [2.75, 3.05) is 37.3 Å². The smallest absolute Gasteiger partial charge is 0.254 e. The first-order chi connectivity index (χ1) is 16.8.